The Balaban J connectivity index is 1.48. The molecular formula is C16H28N2O2. The van der Waals surface area contributed by atoms with Crippen molar-refractivity contribution >= 4 is 5.91 Å². The van der Waals surface area contributed by atoms with Crippen LogP contribution in [0.4, 0.5) is 0 Å². The summed E-state index contributed by atoms with van der Waals surface area (Å²) in [5, 5.41) is 17.1. The van der Waals surface area contributed by atoms with Gasteiger partial charge in [-0.3, -0.25) is 4.79 Å². The van der Waals surface area contributed by atoms with E-state index in [4.69, 9.17) is 0 Å². The second kappa shape index (κ2) is 4.99. The molecule has 0 aromatic rings. The molecule has 1 saturated carbocycles. The van der Waals surface area contributed by atoms with Gasteiger partial charge in [-0.25, -0.2) is 0 Å². The first-order valence-electron chi connectivity index (χ1n) is 8.13. The molecule has 0 aromatic heterocycles. The summed E-state index contributed by atoms with van der Waals surface area (Å²) in [5.74, 6) is 0.264. The van der Waals surface area contributed by atoms with Crippen LogP contribution in [0, 0.1) is 11.3 Å². The predicted octanol–water partition coefficient (Wildman–Crippen LogP) is 1.57. The van der Waals surface area contributed by atoms with Gasteiger partial charge in [0.05, 0.1) is 11.5 Å². The van der Waals surface area contributed by atoms with Crippen molar-refractivity contribution in [2.75, 3.05) is 6.54 Å². The van der Waals surface area contributed by atoms with Gasteiger partial charge in [-0.2, -0.15) is 0 Å². The zero-order valence-corrected chi connectivity index (χ0v) is 12.7. The molecule has 4 heteroatoms. The lowest BCUT2D eigenvalue weighted by atomic mass is 9.71. The Bertz CT molecular complexity index is 384. The van der Waals surface area contributed by atoms with E-state index in [0.717, 1.165) is 38.5 Å². The lowest BCUT2D eigenvalue weighted by molar-refractivity contribution is -0.127. The second-order valence-electron chi connectivity index (χ2n) is 8.00. The Labute approximate surface area is 121 Å². The third-order valence-electron chi connectivity index (χ3n) is 5.76. The van der Waals surface area contributed by atoms with Crippen molar-refractivity contribution in [1.82, 2.24) is 10.6 Å². The number of nitrogens with one attached hydrogen (secondary N) is 2. The van der Waals surface area contributed by atoms with E-state index in [-0.39, 0.29) is 11.8 Å². The van der Waals surface area contributed by atoms with Gasteiger partial charge in [-0.1, -0.05) is 13.8 Å². The van der Waals surface area contributed by atoms with Crippen molar-refractivity contribution in [2.24, 2.45) is 11.3 Å². The number of amides is 1. The number of hydrogen-bond donors (Lipinski definition) is 3. The Kier molecular flexibility index (Phi) is 3.57. The van der Waals surface area contributed by atoms with Crippen LogP contribution >= 0.6 is 0 Å². The number of carbonyl (C=O) groups excluding carboxylic acids is 1. The molecular weight excluding hydrogens is 252 g/mol. The average Bonchev–Trinajstić information content (AvgIpc) is 3.03. The maximum Gasteiger partial charge on any atom is 0.224 e. The molecule has 2 aliphatic heterocycles. The second-order valence-corrected chi connectivity index (χ2v) is 8.00. The molecule has 3 atom stereocenters. The zero-order valence-electron chi connectivity index (χ0n) is 12.7. The topological polar surface area (TPSA) is 61.4 Å². The lowest BCUT2D eigenvalue weighted by Crippen LogP contribution is -2.49. The Hall–Kier alpha value is -0.610. The van der Waals surface area contributed by atoms with Gasteiger partial charge < -0.3 is 15.7 Å². The van der Waals surface area contributed by atoms with Crippen molar-refractivity contribution in [3.8, 4) is 0 Å². The maximum absolute atomic E-state index is 12.3. The van der Waals surface area contributed by atoms with E-state index in [9.17, 15) is 9.90 Å². The van der Waals surface area contributed by atoms with E-state index >= 15 is 0 Å². The fraction of sp³-hybridized carbons (Fsp3) is 0.938. The molecule has 3 rings (SSSR count). The summed E-state index contributed by atoms with van der Waals surface area (Å²) in [6, 6.07) is 0.925. The highest BCUT2D eigenvalue weighted by Crippen LogP contribution is 2.40. The molecule has 114 valence electrons. The van der Waals surface area contributed by atoms with Gasteiger partial charge >= 0.3 is 0 Å². The molecule has 3 unspecified atom stereocenters. The van der Waals surface area contributed by atoms with Crippen molar-refractivity contribution < 1.29 is 9.90 Å². The van der Waals surface area contributed by atoms with E-state index in [1.54, 1.807) is 0 Å². The first kappa shape index (κ1) is 14.3. The fourth-order valence-electron chi connectivity index (χ4n) is 4.07. The van der Waals surface area contributed by atoms with Gasteiger partial charge in [0.15, 0.2) is 0 Å². The minimum absolute atomic E-state index is 0.123. The number of rotatable bonds is 3. The van der Waals surface area contributed by atoms with E-state index in [0.29, 0.717) is 24.0 Å². The first-order chi connectivity index (χ1) is 9.37. The van der Waals surface area contributed by atoms with Crippen LogP contribution in [0.15, 0.2) is 0 Å². The Morgan fingerprint density at radius 2 is 1.95 bits per heavy atom. The minimum Gasteiger partial charge on any atom is -0.388 e. The standard InChI is InChI=1S/C16H28N2O2/c1-15(2)5-7-16(20,8-6-15)10-17-14(19)12-9-11-3-4-13(12)18-11/h11-13,18,20H,3-10H2,1-2H3,(H,17,19). The maximum atomic E-state index is 12.3. The minimum atomic E-state index is -0.684. The summed E-state index contributed by atoms with van der Waals surface area (Å²) in [6.45, 7) is 4.94. The van der Waals surface area contributed by atoms with Crippen LogP contribution in [0.5, 0.6) is 0 Å². The Morgan fingerprint density at radius 3 is 2.50 bits per heavy atom. The molecule has 0 aromatic carbocycles. The highest BCUT2D eigenvalue weighted by atomic mass is 16.3. The first-order valence-corrected chi connectivity index (χ1v) is 8.13. The normalized spacial score (nSPS) is 37.9. The predicted molar refractivity (Wildman–Crippen MR) is 78.3 cm³/mol. The van der Waals surface area contributed by atoms with Gasteiger partial charge in [-0.15, -0.1) is 0 Å². The molecule has 3 aliphatic rings. The third kappa shape index (κ3) is 2.86. The van der Waals surface area contributed by atoms with Crippen LogP contribution in [0.2, 0.25) is 0 Å². The molecule has 2 saturated heterocycles. The van der Waals surface area contributed by atoms with Gasteiger partial charge in [0.2, 0.25) is 5.91 Å². The van der Waals surface area contributed by atoms with Crippen LogP contribution in [-0.2, 0) is 4.79 Å². The molecule has 0 spiro atoms. The summed E-state index contributed by atoms with van der Waals surface area (Å²) in [4.78, 5) is 12.3. The van der Waals surface area contributed by atoms with E-state index in [2.05, 4.69) is 24.5 Å². The van der Waals surface area contributed by atoms with E-state index in [1.807, 2.05) is 0 Å². The fourth-order valence-corrected chi connectivity index (χ4v) is 4.07. The molecule has 20 heavy (non-hydrogen) atoms. The lowest BCUT2D eigenvalue weighted by Gasteiger charge is -2.40. The van der Waals surface area contributed by atoms with Crippen molar-refractivity contribution in [1.29, 1.82) is 0 Å². The van der Waals surface area contributed by atoms with Crippen LogP contribution in [0.3, 0.4) is 0 Å². The van der Waals surface area contributed by atoms with Crippen LogP contribution in [-0.4, -0.2) is 35.2 Å². The highest BCUT2D eigenvalue weighted by molar-refractivity contribution is 5.80. The quantitative estimate of drug-likeness (QED) is 0.735. The smallest absolute Gasteiger partial charge is 0.224 e. The van der Waals surface area contributed by atoms with E-state index in [1.165, 1.54) is 6.42 Å². The summed E-state index contributed by atoms with van der Waals surface area (Å²) < 4.78 is 0. The monoisotopic (exact) mass is 280 g/mol. The largest absolute Gasteiger partial charge is 0.388 e. The van der Waals surface area contributed by atoms with Crippen molar-refractivity contribution in [2.45, 2.75) is 76.5 Å². The van der Waals surface area contributed by atoms with Gasteiger partial charge in [0.1, 0.15) is 0 Å². The van der Waals surface area contributed by atoms with Crippen LogP contribution < -0.4 is 10.6 Å². The number of aliphatic hydroxyl groups is 1. The molecule has 3 fully saturated rings. The molecule has 4 nitrogen and oxygen atoms in total. The Morgan fingerprint density at radius 1 is 1.25 bits per heavy atom. The molecule has 1 amide bonds. The molecule has 1 aliphatic carbocycles. The molecule has 0 radical (unpaired) electrons. The van der Waals surface area contributed by atoms with Crippen LogP contribution in [0.1, 0.15) is 58.8 Å². The third-order valence-corrected chi connectivity index (χ3v) is 5.76. The highest BCUT2D eigenvalue weighted by Gasteiger charge is 2.43. The average molecular weight is 280 g/mol. The summed E-state index contributed by atoms with van der Waals surface area (Å²) >= 11 is 0. The molecule has 2 bridgehead atoms. The number of carbonyl (C=O) groups is 1. The van der Waals surface area contributed by atoms with Gasteiger partial charge in [0.25, 0.3) is 0 Å². The van der Waals surface area contributed by atoms with Gasteiger partial charge in [-0.05, 0) is 50.4 Å². The van der Waals surface area contributed by atoms with Crippen molar-refractivity contribution in [3.63, 3.8) is 0 Å². The van der Waals surface area contributed by atoms with E-state index < -0.39 is 5.60 Å². The van der Waals surface area contributed by atoms with Gasteiger partial charge in [0, 0.05) is 18.6 Å². The zero-order chi connectivity index (χ0) is 14.4. The van der Waals surface area contributed by atoms with Crippen molar-refractivity contribution in [3.05, 3.63) is 0 Å². The summed E-state index contributed by atoms with van der Waals surface area (Å²) in [5.41, 5.74) is -0.346. The summed E-state index contributed by atoms with van der Waals surface area (Å²) in [7, 11) is 0. The number of fused-ring (bicyclic) bond motifs is 2. The molecule has 2 heterocycles. The molecule has 3 N–H and O–H groups in total. The van der Waals surface area contributed by atoms with Crippen LogP contribution in [0.25, 0.3) is 0 Å². The number of hydrogen-bond acceptors (Lipinski definition) is 3. The SMILES string of the molecule is CC1(C)CCC(O)(CNC(=O)C2CC3CCC2N3)CC1. The summed E-state index contributed by atoms with van der Waals surface area (Å²) in [6.07, 6.45) is 6.99.